The van der Waals surface area contributed by atoms with Crippen molar-refractivity contribution >= 4 is 22.8 Å². The molecule has 7 heteroatoms. The number of hydrogen-bond acceptors (Lipinski definition) is 3. The van der Waals surface area contributed by atoms with Crippen LogP contribution in [0.2, 0.25) is 0 Å². The summed E-state index contributed by atoms with van der Waals surface area (Å²) in [5.74, 6) is -2.44. The molecule has 3 aromatic rings. The molecule has 3 rings (SSSR count). The summed E-state index contributed by atoms with van der Waals surface area (Å²) in [6.07, 6.45) is 1.80. The summed E-state index contributed by atoms with van der Waals surface area (Å²) in [6, 6.07) is 11.2. The van der Waals surface area contributed by atoms with Gasteiger partial charge in [-0.2, -0.15) is 0 Å². The minimum Gasteiger partial charge on any atom is -0.548 e. The second-order valence-electron chi connectivity index (χ2n) is 5.42. The van der Waals surface area contributed by atoms with Crippen LogP contribution >= 0.6 is 0 Å². The number of H-pyrrole nitrogens is 1. The molecule has 0 fully saturated rings. The van der Waals surface area contributed by atoms with Gasteiger partial charge in [-0.3, -0.25) is 4.79 Å². The summed E-state index contributed by atoms with van der Waals surface area (Å²) in [4.78, 5) is 26.6. The van der Waals surface area contributed by atoms with E-state index in [1.807, 2.05) is 24.3 Å². The number of fused-ring (bicyclic) bond motifs is 1. The number of carboxylic acids is 1. The largest absolute Gasteiger partial charge is 1.00 e. The number of nitrogens with one attached hydrogen (secondary N) is 2. The Morgan fingerprint density at radius 1 is 1.12 bits per heavy atom. The molecule has 25 heavy (non-hydrogen) atoms. The molecule has 122 valence electrons. The Hall–Kier alpha value is -2.15. The van der Waals surface area contributed by atoms with Gasteiger partial charge >= 0.3 is 29.6 Å². The first-order valence-electron chi connectivity index (χ1n) is 7.37. The van der Waals surface area contributed by atoms with E-state index in [2.05, 4.69) is 10.3 Å². The van der Waals surface area contributed by atoms with E-state index < -0.39 is 23.7 Å². The Labute approximate surface area is 165 Å². The van der Waals surface area contributed by atoms with E-state index in [0.717, 1.165) is 28.6 Å². The molecule has 2 N–H and O–H groups in total. The van der Waals surface area contributed by atoms with Crippen LogP contribution in [0.15, 0.2) is 54.7 Å². The first-order chi connectivity index (χ1) is 11.5. The zero-order valence-corrected chi connectivity index (χ0v) is 15.6. The smallest absolute Gasteiger partial charge is 0.548 e. The first kappa shape index (κ1) is 19.2. The molecule has 5 nitrogen and oxygen atoms in total. The van der Waals surface area contributed by atoms with E-state index in [1.165, 1.54) is 12.1 Å². The van der Waals surface area contributed by atoms with Gasteiger partial charge in [-0.15, -0.1) is 0 Å². The summed E-state index contributed by atoms with van der Waals surface area (Å²) in [6.45, 7) is 0. The molecule has 0 spiro atoms. The molecule has 0 aliphatic rings. The van der Waals surface area contributed by atoms with E-state index in [-0.39, 0.29) is 41.5 Å². The van der Waals surface area contributed by atoms with Crippen LogP contribution in [0, 0.1) is 5.82 Å². The topological polar surface area (TPSA) is 85.0 Å². The number of benzene rings is 2. The minimum atomic E-state index is -1.38. The molecule has 1 unspecified atom stereocenters. The van der Waals surface area contributed by atoms with Gasteiger partial charge in [0.1, 0.15) is 5.82 Å². The van der Waals surface area contributed by atoms with Crippen LogP contribution in [0.25, 0.3) is 10.9 Å². The average Bonchev–Trinajstić information content (AvgIpc) is 2.98. The van der Waals surface area contributed by atoms with Crippen molar-refractivity contribution in [3.8, 4) is 0 Å². The number of carbonyl (C=O) groups excluding carboxylic acids is 2. The number of halogens is 1. The fourth-order valence-corrected chi connectivity index (χ4v) is 2.56. The molecule has 0 bridgehead atoms. The van der Waals surface area contributed by atoms with Crippen molar-refractivity contribution in [1.82, 2.24) is 10.3 Å². The third kappa shape index (κ3) is 4.48. The van der Waals surface area contributed by atoms with Crippen molar-refractivity contribution in [2.75, 3.05) is 0 Å². The molecule has 1 aromatic heterocycles. The van der Waals surface area contributed by atoms with Gasteiger partial charge < -0.3 is 20.2 Å². The molecule has 1 amide bonds. The Morgan fingerprint density at radius 2 is 1.80 bits per heavy atom. The van der Waals surface area contributed by atoms with E-state index in [4.69, 9.17) is 0 Å². The fraction of sp³-hybridized carbons (Fsp3) is 0.111. The minimum absolute atomic E-state index is 0. The predicted molar refractivity (Wildman–Crippen MR) is 84.7 cm³/mol. The molecule has 2 aromatic carbocycles. The maximum atomic E-state index is 12.9. The normalized spacial score (nSPS) is 11.6. The predicted octanol–water partition coefficient (Wildman–Crippen LogP) is -1.60. The number of carboxylic acid groups (broad SMARTS) is 1. The average molecular weight is 348 g/mol. The van der Waals surface area contributed by atoms with Crippen molar-refractivity contribution < 1.29 is 48.6 Å². The van der Waals surface area contributed by atoms with E-state index in [9.17, 15) is 19.1 Å². The van der Waals surface area contributed by atoms with Gasteiger partial charge in [-0.05, 0) is 35.9 Å². The number of para-hydroxylation sites is 1. The number of aromatic nitrogens is 1. The quantitative estimate of drug-likeness (QED) is 0.545. The Kier molecular flexibility index (Phi) is 6.36. The fourth-order valence-electron chi connectivity index (χ4n) is 2.56. The number of amides is 1. The number of hydrogen-bond donors (Lipinski definition) is 2. The van der Waals surface area contributed by atoms with Gasteiger partial charge in [0.2, 0.25) is 0 Å². The summed E-state index contributed by atoms with van der Waals surface area (Å²) >= 11 is 0. The second-order valence-corrected chi connectivity index (χ2v) is 5.42. The van der Waals surface area contributed by atoms with Gasteiger partial charge in [0, 0.05) is 29.1 Å². The number of carbonyl (C=O) groups is 2. The zero-order valence-electron chi connectivity index (χ0n) is 13.6. The van der Waals surface area contributed by atoms with Gasteiger partial charge in [0.15, 0.2) is 0 Å². The second kappa shape index (κ2) is 8.29. The molecule has 1 atom stereocenters. The number of rotatable bonds is 5. The molecular weight excluding hydrogens is 334 g/mol. The molecule has 0 saturated heterocycles. The zero-order chi connectivity index (χ0) is 17.1. The summed E-state index contributed by atoms with van der Waals surface area (Å²) < 4.78 is 12.9. The third-order valence-electron chi connectivity index (χ3n) is 3.80. The summed E-state index contributed by atoms with van der Waals surface area (Å²) in [5.41, 5.74) is 1.83. The van der Waals surface area contributed by atoms with Gasteiger partial charge in [-0.1, -0.05) is 18.2 Å². The van der Waals surface area contributed by atoms with Crippen LogP contribution in [0.3, 0.4) is 0 Å². The summed E-state index contributed by atoms with van der Waals surface area (Å²) in [5, 5.41) is 14.7. The maximum Gasteiger partial charge on any atom is 1.00 e. The monoisotopic (exact) mass is 348 g/mol. The van der Waals surface area contributed by atoms with Crippen LogP contribution in [0.5, 0.6) is 0 Å². The van der Waals surface area contributed by atoms with Crippen LogP contribution in [0.1, 0.15) is 15.9 Å². The van der Waals surface area contributed by atoms with Gasteiger partial charge in [-0.25, -0.2) is 4.39 Å². The van der Waals surface area contributed by atoms with Crippen LogP contribution in [-0.2, 0) is 11.2 Å². The van der Waals surface area contributed by atoms with Crippen LogP contribution in [-0.4, -0.2) is 22.9 Å². The molecule has 0 radical (unpaired) electrons. The van der Waals surface area contributed by atoms with Crippen molar-refractivity contribution in [2.45, 2.75) is 12.5 Å². The Balaban J connectivity index is 0.00000225. The van der Waals surface area contributed by atoms with Crippen molar-refractivity contribution in [1.29, 1.82) is 0 Å². The molecular formula is C18H14FN2NaO3. The van der Waals surface area contributed by atoms with Crippen molar-refractivity contribution in [2.24, 2.45) is 0 Å². The first-order valence-corrected chi connectivity index (χ1v) is 7.37. The SMILES string of the molecule is O=C(NC(Cc1c[nH]c2ccccc12)C(=O)[O-])c1ccc(F)cc1.[Na+]. The number of aliphatic carboxylic acids is 1. The number of aromatic amines is 1. The third-order valence-corrected chi connectivity index (χ3v) is 3.80. The molecule has 0 aliphatic heterocycles. The summed E-state index contributed by atoms with van der Waals surface area (Å²) in [7, 11) is 0. The van der Waals surface area contributed by atoms with E-state index in [1.54, 1.807) is 6.20 Å². The van der Waals surface area contributed by atoms with E-state index in [0.29, 0.717) is 0 Å². The van der Waals surface area contributed by atoms with Gasteiger partial charge in [0.05, 0.1) is 12.0 Å². The van der Waals surface area contributed by atoms with Gasteiger partial charge in [0.25, 0.3) is 5.91 Å². The van der Waals surface area contributed by atoms with Crippen LogP contribution < -0.4 is 40.0 Å². The molecule has 1 heterocycles. The van der Waals surface area contributed by atoms with Crippen LogP contribution in [0.4, 0.5) is 4.39 Å². The standard InChI is InChI=1S/C18H15FN2O3.Na/c19-13-7-5-11(6-8-13)17(22)21-16(18(23)24)9-12-10-20-15-4-2-1-3-14(12)15;/h1-8,10,16,20H,9H2,(H,21,22)(H,23,24);/q;+1/p-1. The van der Waals surface area contributed by atoms with Crippen molar-refractivity contribution in [3.63, 3.8) is 0 Å². The molecule has 0 saturated carbocycles. The molecule has 0 aliphatic carbocycles. The maximum absolute atomic E-state index is 12.9. The Bertz CT molecular complexity index is 893. The van der Waals surface area contributed by atoms with E-state index >= 15 is 0 Å². The van der Waals surface area contributed by atoms with Crippen molar-refractivity contribution in [3.05, 3.63) is 71.7 Å². The Morgan fingerprint density at radius 3 is 2.48 bits per heavy atom.